The molecule has 0 bridgehead atoms. The fourth-order valence-electron chi connectivity index (χ4n) is 2.06. The number of amides is 1. The van der Waals surface area contributed by atoms with Gasteiger partial charge in [-0.3, -0.25) is 4.79 Å². The van der Waals surface area contributed by atoms with E-state index in [1.807, 2.05) is 32.0 Å². The van der Waals surface area contributed by atoms with Crippen molar-refractivity contribution in [1.29, 1.82) is 0 Å². The molecule has 0 atom stereocenters. The fourth-order valence-corrected chi connectivity index (χ4v) is 2.50. The molecule has 104 valence electrons. The van der Waals surface area contributed by atoms with Gasteiger partial charge >= 0.3 is 0 Å². The van der Waals surface area contributed by atoms with Crippen LogP contribution >= 0.6 is 15.9 Å². The zero-order chi connectivity index (χ0) is 14.7. The van der Waals surface area contributed by atoms with Crippen molar-refractivity contribution >= 4 is 27.5 Å². The van der Waals surface area contributed by atoms with Crippen molar-refractivity contribution in [2.24, 2.45) is 0 Å². The lowest BCUT2D eigenvalue weighted by Gasteiger charge is -2.22. The van der Waals surface area contributed by atoms with Crippen LogP contribution in [0.15, 0.2) is 46.9 Å². The van der Waals surface area contributed by atoms with Gasteiger partial charge in [0.2, 0.25) is 0 Å². The van der Waals surface area contributed by atoms with Crippen molar-refractivity contribution in [2.45, 2.75) is 13.8 Å². The fraction of sp³-hybridized carbons (Fsp3) is 0.188. The number of hydrogen-bond donors (Lipinski definition) is 1. The molecule has 0 radical (unpaired) electrons. The molecule has 0 fully saturated rings. The van der Waals surface area contributed by atoms with Gasteiger partial charge in [0.1, 0.15) is 5.75 Å². The van der Waals surface area contributed by atoms with E-state index in [1.165, 1.54) is 0 Å². The Kier molecular flexibility index (Phi) is 4.45. The summed E-state index contributed by atoms with van der Waals surface area (Å²) in [6, 6.07) is 12.3. The molecule has 2 aromatic rings. The Balaban J connectivity index is 2.42. The Bertz CT molecular complexity index is 640. The van der Waals surface area contributed by atoms with E-state index in [2.05, 4.69) is 15.9 Å². The number of rotatable bonds is 3. The first kappa shape index (κ1) is 14.6. The summed E-state index contributed by atoms with van der Waals surface area (Å²) in [4.78, 5) is 14.3. The van der Waals surface area contributed by atoms with E-state index in [1.54, 1.807) is 29.2 Å². The van der Waals surface area contributed by atoms with Gasteiger partial charge in [0.25, 0.3) is 5.91 Å². The lowest BCUT2D eigenvalue weighted by molar-refractivity contribution is 0.0987. The van der Waals surface area contributed by atoms with Crippen LogP contribution in [0.2, 0.25) is 0 Å². The second-order valence-electron chi connectivity index (χ2n) is 4.51. The number of aryl methyl sites for hydroxylation is 1. The van der Waals surface area contributed by atoms with Crippen LogP contribution < -0.4 is 4.90 Å². The minimum Gasteiger partial charge on any atom is -0.508 e. The van der Waals surface area contributed by atoms with Crippen LogP contribution in [0.3, 0.4) is 0 Å². The molecule has 0 saturated carbocycles. The van der Waals surface area contributed by atoms with Crippen molar-refractivity contribution in [1.82, 2.24) is 0 Å². The number of hydrogen-bond acceptors (Lipinski definition) is 2. The first-order valence-electron chi connectivity index (χ1n) is 6.40. The lowest BCUT2D eigenvalue weighted by atomic mass is 10.1. The highest BCUT2D eigenvalue weighted by atomic mass is 79.9. The molecule has 0 aliphatic heterocycles. The monoisotopic (exact) mass is 333 g/mol. The van der Waals surface area contributed by atoms with E-state index in [0.717, 1.165) is 10.0 Å². The summed E-state index contributed by atoms with van der Waals surface area (Å²) >= 11 is 3.47. The molecule has 0 spiro atoms. The zero-order valence-corrected chi connectivity index (χ0v) is 13.0. The van der Waals surface area contributed by atoms with Gasteiger partial charge in [-0.25, -0.2) is 0 Å². The molecule has 1 amide bonds. The molecule has 0 aliphatic rings. The van der Waals surface area contributed by atoms with E-state index in [-0.39, 0.29) is 11.7 Å². The summed E-state index contributed by atoms with van der Waals surface area (Å²) in [5.41, 5.74) is 2.32. The van der Waals surface area contributed by atoms with E-state index >= 15 is 0 Å². The SMILES string of the molecule is CCN(C(=O)c1cccc(C)c1Br)c1cccc(O)c1. The predicted octanol–water partition coefficient (Wildman–Crippen LogP) is 4.13. The van der Waals surface area contributed by atoms with Crippen LogP contribution in [0.4, 0.5) is 5.69 Å². The Morgan fingerprint density at radius 2 is 1.95 bits per heavy atom. The zero-order valence-electron chi connectivity index (χ0n) is 11.4. The molecule has 1 N–H and O–H groups in total. The van der Waals surface area contributed by atoms with Crippen molar-refractivity contribution in [3.05, 3.63) is 58.1 Å². The number of carbonyl (C=O) groups excluding carboxylic acids is 1. The van der Waals surface area contributed by atoms with Crippen LogP contribution in [0.25, 0.3) is 0 Å². The summed E-state index contributed by atoms with van der Waals surface area (Å²) in [6.45, 7) is 4.39. The number of anilines is 1. The van der Waals surface area contributed by atoms with Gasteiger partial charge in [-0.05, 0) is 53.5 Å². The second-order valence-corrected chi connectivity index (χ2v) is 5.30. The van der Waals surface area contributed by atoms with E-state index in [4.69, 9.17) is 0 Å². The van der Waals surface area contributed by atoms with Crippen LogP contribution in [-0.2, 0) is 0 Å². The van der Waals surface area contributed by atoms with Crippen molar-refractivity contribution in [3.63, 3.8) is 0 Å². The number of aromatic hydroxyl groups is 1. The quantitative estimate of drug-likeness (QED) is 0.917. The summed E-state index contributed by atoms with van der Waals surface area (Å²) in [6.07, 6.45) is 0. The molecule has 2 aromatic carbocycles. The molecule has 0 unspecified atom stereocenters. The van der Waals surface area contributed by atoms with Crippen molar-refractivity contribution in [3.8, 4) is 5.75 Å². The molecular formula is C16H16BrNO2. The molecule has 2 rings (SSSR count). The first-order chi connectivity index (χ1) is 9.54. The summed E-state index contributed by atoms with van der Waals surface area (Å²) < 4.78 is 0.809. The van der Waals surface area contributed by atoms with Crippen molar-refractivity contribution < 1.29 is 9.90 Å². The average molecular weight is 334 g/mol. The maximum absolute atomic E-state index is 12.7. The number of phenols is 1. The number of carbonyl (C=O) groups is 1. The first-order valence-corrected chi connectivity index (χ1v) is 7.20. The van der Waals surface area contributed by atoms with E-state index in [9.17, 15) is 9.90 Å². The molecule has 20 heavy (non-hydrogen) atoms. The maximum atomic E-state index is 12.7. The largest absolute Gasteiger partial charge is 0.508 e. The van der Waals surface area contributed by atoms with Crippen LogP contribution in [0.1, 0.15) is 22.8 Å². The number of phenolic OH excluding ortho intramolecular Hbond substituents is 1. The third-order valence-corrected chi connectivity index (χ3v) is 4.18. The van der Waals surface area contributed by atoms with Crippen LogP contribution in [0.5, 0.6) is 5.75 Å². The van der Waals surface area contributed by atoms with Gasteiger partial charge in [-0.2, -0.15) is 0 Å². The highest BCUT2D eigenvalue weighted by Crippen LogP contribution is 2.26. The topological polar surface area (TPSA) is 40.5 Å². The van der Waals surface area contributed by atoms with Crippen molar-refractivity contribution in [2.75, 3.05) is 11.4 Å². The van der Waals surface area contributed by atoms with Gasteiger partial charge in [-0.15, -0.1) is 0 Å². The number of halogens is 1. The highest BCUT2D eigenvalue weighted by Gasteiger charge is 2.19. The van der Waals surface area contributed by atoms with E-state index < -0.39 is 0 Å². The van der Waals surface area contributed by atoms with Crippen LogP contribution in [-0.4, -0.2) is 17.6 Å². The third kappa shape index (κ3) is 2.85. The normalized spacial score (nSPS) is 10.3. The summed E-state index contributed by atoms with van der Waals surface area (Å²) in [5, 5.41) is 9.56. The smallest absolute Gasteiger partial charge is 0.259 e. The summed E-state index contributed by atoms with van der Waals surface area (Å²) in [5.74, 6) is 0.0609. The van der Waals surface area contributed by atoms with Gasteiger partial charge in [0.05, 0.1) is 5.56 Å². The maximum Gasteiger partial charge on any atom is 0.259 e. The van der Waals surface area contributed by atoms with Gasteiger partial charge in [0.15, 0.2) is 0 Å². The van der Waals surface area contributed by atoms with E-state index in [0.29, 0.717) is 17.8 Å². The molecular weight excluding hydrogens is 318 g/mol. The van der Waals surface area contributed by atoms with Gasteiger partial charge < -0.3 is 10.0 Å². The standard InChI is InChI=1S/C16H16BrNO2/c1-3-18(12-7-5-8-13(19)10-12)16(20)14-9-4-6-11(2)15(14)17/h4-10,19H,3H2,1-2H3. The van der Waals surface area contributed by atoms with Crippen LogP contribution in [0, 0.1) is 6.92 Å². The minimum atomic E-state index is -0.0892. The van der Waals surface area contributed by atoms with Gasteiger partial charge in [-0.1, -0.05) is 18.2 Å². The lowest BCUT2D eigenvalue weighted by Crippen LogP contribution is -2.30. The Morgan fingerprint density at radius 1 is 1.25 bits per heavy atom. The Morgan fingerprint density at radius 3 is 2.60 bits per heavy atom. The molecule has 0 aromatic heterocycles. The second kappa shape index (κ2) is 6.09. The average Bonchev–Trinajstić information content (AvgIpc) is 2.42. The Labute approximate surface area is 127 Å². The highest BCUT2D eigenvalue weighted by molar-refractivity contribution is 9.10. The molecule has 0 saturated heterocycles. The minimum absolute atomic E-state index is 0.0892. The molecule has 4 heteroatoms. The third-order valence-electron chi connectivity index (χ3n) is 3.12. The molecule has 0 heterocycles. The predicted molar refractivity (Wildman–Crippen MR) is 84.3 cm³/mol. The Hall–Kier alpha value is -1.81. The number of benzene rings is 2. The molecule has 3 nitrogen and oxygen atoms in total. The number of nitrogens with zero attached hydrogens (tertiary/aromatic N) is 1. The molecule has 0 aliphatic carbocycles. The van der Waals surface area contributed by atoms with Gasteiger partial charge in [0, 0.05) is 22.8 Å². The summed E-state index contributed by atoms with van der Waals surface area (Å²) in [7, 11) is 0.